The molecule has 2 aromatic carbocycles. The predicted molar refractivity (Wildman–Crippen MR) is 98.4 cm³/mol. The van der Waals surface area contributed by atoms with Gasteiger partial charge in [0.25, 0.3) is 0 Å². The Morgan fingerprint density at radius 2 is 1.48 bits per heavy atom. The summed E-state index contributed by atoms with van der Waals surface area (Å²) in [6, 6.07) is 20.1. The van der Waals surface area contributed by atoms with Gasteiger partial charge in [0.1, 0.15) is 6.29 Å². The van der Waals surface area contributed by atoms with Crippen molar-refractivity contribution < 1.29 is 14.3 Å². The van der Waals surface area contributed by atoms with Gasteiger partial charge in [-0.05, 0) is 24.0 Å². The molecule has 2 rings (SSSR count). The fourth-order valence-corrected chi connectivity index (χ4v) is 2.57. The van der Waals surface area contributed by atoms with E-state index in [0.29, 0.717) is 26.2 Å². The maximum absolute atomic E-state index is 12.3. The Morgan fingerprint density at radius 3 is 2.08 bits per heavy atom. The molecule has 0 N–H and O–H groups in total. The van der Waals surface area contributed by atoms with Gasteiger partial charge in [-0.1, -0.05) is 60.7 Å². The highest BCUT2D eigenvalue weighted by Crippen LogP contribution is 2.04. The second-order valence-corrected chi connectivity index (χ2v) is 5.84. The van der Waals surface area contributed by atoms with Crippen LogP contribution in [0.15, 0.2) is 60.7 Å². The number of aldehydes is 1. The highest BCUT2D eigenvalue weighted by atomic mass is 16.5. The molecule has 0 fully saturated rings. The van der Waals surface area contributed by atoms with Crippen LogP contribution in [-0.4, -0.2) is 43.4 Å². The molecule has 4 heteroatoms. The minimum atomic E-state index is -0.0391. The van der Waals surface area contributed by atoms with Gasteiger partial charge in [-0.2, -0.15) is 0 Å². The van der Waals surface area contributed by atoms with Gasteiger partial charge in [-0.25, -0.2) is 0 Å². The molecular weight excluding hydrogens is 314 g/mol. The van der Waals surface area contributed by atoms with Gasteiger partial charge in [-0.15, -0.1) is 0 Å². The van der Waals surface area contributed by atoms with Crippen molar-refractivity contribution in [2.75, 3.05) is 26.3 Å². The second-order valence-electron chi connectivity index (χ2n) is 5.84. The maximum atomic E-state index is 12.3. The highest BCUT2D eigenvalue weighted by Gasteiger charge is 2.12. The lowest BCUT2D eigenvalue weighted by atomic mass is 10.1. The van der Waals surface area contributed by atoms with Crippen molar-refractivity contribution in [2.45, 2.75) is 19.3 Å². The zero-order chi connectivity index (χ0) is 17.7. The van der Waals surface area contributed by atoms with Crippen molar-refractivity contribution in [3.05, 3.63) is 71.8 Å². The molecule has 0 aromatic heterocycles. The summed E-state index contributed by atoms with van der Waals surface area (Å²) in [6.45, 7) is 1.66. The molecule has 0 unspecified atom stereocenters. The van der Waals surface area contributed by atoms with Crippen LogP contribution in [0, 0.1) is 0 Å². The first-order valence-corrected chi connectivity index (χ1v) is 8.66. The van der Waals surface area contributed by atoms with E-state index in [1.165, 1.54) is 5.56 Å². The zero-order valence-corrected chi connectivity index (χ0v) is 14.5. The van der Waals surface area contributed by atoms with E-state index in [9.17, 15) is 9.59 Å². The summed E-state index contributed by atoms with van der Waals surface area (Å²) in [5.41, 5.74) is 2.38. The van der Waals surface area contributed by atoms with Crippen LogP contribution in [0.2, 0.25) is 0 Å². The van der Waals surface area contributed by atoms with E-state index in [-0.39, 0.29) is 12.5 Å². The molecule has 0 aliphatic carbocycles. The molecule has 0 aliphatic rings. The third-order valence-corrected chi connectivity index (χ3v) is 4.00. The van der Waals surface area contributed by atoms with Gasteiger partial charge in [-0.3, -0.25) is 4.79 Å². The fourth-order valence-electron chi connectivity index (χ4n) is 2.57. The van der Waals surface area contributed by atoms with Gasteiger partial charge >= 0.3 is 0 Å². The van der Waals surface area contributed by atoms with Crippen molar-refractivity contribution >= 4 is 12.2 Å². The van der Waals surface area contributed by atoms with Gasteiger partial charge in [0.15, 0.2) is 0 Å². The van der Waals surface area contributed by atoms with E-state index in [1.54, 1.807) is 4.90 Å². The van der Waals surface area contributed by atoms with Crippen molar-refractivity contribution in [3.8, 4) is 0 Å². The Kier molecular flexibility index (Phi) is 8.42. The molecule has 0 spiro atoms. The predicted octanol–water partition coefficient (Wildman–Crippen LogP) is 2.91. The molecule has 0 saturated carbocycles. The Bertz CT molecular complexity index is 628. The maximum Gasteiger partial charge on any atom is 0.225 e. The summed E-state index contributed by atoms with van der Waals surface area (Å²) < 4.78 is 5.56. The monoisotopic (exact) mass is 339 g/mol. The largest absolute Gasteiger partial charge is 0.381 e. The van der Waals surface area contributed by atoms with Crippen molar-refractivity contribution in [1.29, 1.82) is 0 Å². The first-order valence-electron chi connectivity index (χ1n) is 8.66. The Morgan fingerprint density at radius 1 is 0.880 bits per heavy atom. The average Bonchev–Trinajstić information content (AvgIpc) is 2.66. The van der Waals surface area contributed by atoms with Crippen LogP contribution >= 0.6 is 0 Å². The molecule has 0 radical (unpaired) electrons. The topological polar surface area (TPSA) is 46.6 Å². The van der Waals surface area contributed by atoms with Crippen LogP contribution in [0.4, 0.5) is 0 Å². The van der Waals surface area contributed by atoms with E-state index in [1.807, 2.05) is 48.5 Å². The van der Waals surface area contributed by atoms with E-state index in [0.717, 1.165) is 24.7 Å². The number of carbonyl (C=O) groups excluding carboxylic acids is 2. The van der Waals surface area contributed by atoms with Gasteiger partial charge < -0.3 is 14.4 Å². The van der Waals surface area contributed by atoms with Crippen LogP contribution in [-0.2, 0) is 27.2 Å². The fraction of sp³-hybridized carbons (Fsp3) is 0.333. The van der Waals surface area contributed by atoms with E-state index < -0.39 is 0 Å². The number of hydrogen-bond acceptors (Lipinski definition) is 3. The van der Waals surface area contributed by atoms with Crippen LogP contribution < -0.4 is 0 Å². The molecule has 0 aliphatic heterocycles. The summed E-state index contributed by atoms with van der Waals surface area (Å²) in [7, 11) is 0. The van der Waals surface area contributed by atoms with Gasteiger partial charge in [0.2, 0.25) is 5.91 Å². The number of carbonyl (C=O) groups is 2. The molecule has 132 valence electrons. The lowest BCUT2D eigenvalue weighted by Crippen LogP contribution is -2.35. The summed E-state index contributed by atoms with van der Waals surface area (Å²) in [6.07, 6.45) is 2.66. The molecule has 25 heavy (non-hydrogen) atoms. The first kappa shape index (κ1) is 18.9. The van der Waals surface area contributed by atoms with Crippen LogP contribution in [0.1, 0.15) is 17.5 Å². The van der Waals surface area contributed by atoms with E-state index in [4.69, 9.17) is 4.74 Å². The Balaban J connectivity index is 1.67. The molecule has 4 nitrogen and oxygen atoms in total. The van der Waals surface area contributed by atoms with E-state index >= 15 is 0 Å². The first-order chi connectivity index (χ1) is 12.3. The average molecular weight is 339 g/mol. The third-order valence-electron chi connectivity index (χ3n) is 4.00. The van der Waals surface area contributed by atoms with Crippen LogP contribution in [0.25, 0.3) is 0 Å². The number of benzene rings is 2. The minimum absolute atomic E-state index is 0.0391. The number of ether oxygens (including phenoxy) is 1. The summed E-state index contributed by atoms with van der Waals surface area (Å²) in [4.78, 5) is 24.7. The van der Waals surface area contributed by atoms with Crippen molar-refractivity contribution in [2.24, 2.45) is 0 Å². The third kappa shape index (κ3) is 7.31. The van der Waals surface area contributed by atoms with Crippen LogP contribution in [0.3, 0.4) is 0 Å². The molecule has 2 aromatic rings. The highest BCUT2D eigenvalue weighted by molar-refractivity contribution is 5.78. The SMILES string of the molecule is O=CCN(CCc1ccccc1)C(=O)CCOCCc1ccccc1. The van der Waals surface area contributed by atoms with E-state index in [2.05, 4.69) is 12.1 Å². The summed E-state index contributed by atoms with van der Waals surface area (Å²) in [5, 5.41) is 0. The summed E-state index contributed by atoms with van der Waals surface area (Å²) >= 11 is 0. The Hall–Kier alpha value is -2.46. The standard InChI is InChI=1S/C21H25NO3/c23-16-15-22(14-11-19-7-3-1-4-8-19)21(24)13-18-25-17-12-20-9-5-2-6-10-20/h1-10,16H,11-15,17-18H2. The smallest absolute Gasteiger partial charge is 0.225 e. The van der Waals surface area contributed by atoms with Gasteiger partial charge in [0, 0.05) is 6.54 Å². The number of amides is 1. The number of nitrogens with zero attached hydrogens (tertiary/aromatic N) is 1. The van der Waals surface area contributed by atoms with Crippen molar-refractivity contribution in [3.63, 3.8) is 0 Å². The molecule has 0 heterocycles. The summed E-state index contributed by atoms with van der Waals surface area (Å²) in [5.74, 6) is -0.0391. The number of rotatable bonds is 11. The molecule has 0 saturated heterocycles. The second kappa shape index (κ2) is 11.2. The van der Waals surface area contributed by atoms with Crippen LogP contribution in [0.5, 0.6) is 0 Å². The molecular formula is C21H25NO3. The van der Waals surface area contributed by atoms with Crippen molar-refractivity contribution in [1.82, 2.24) is 4.90 Å². The quantitative estimate of drug-likeness (QED) is 0.467. The zero-order valence-electron chi connectivity index (χ0n) is 14.5. The van der Waals surface area contributed by atoms with Gasteiger partial charge in [0.05, 0.1) is 26.2 Å². The molecule has 0 bridgehead atoms. The lowest BCUT2D eigenvalue weighted by molar-refractivity contribution is -0.134. The Labute approximate surface area is 149 Å². The lowest BCUT2D eigenvalue weighted by Gasteiger charge is -2.20. The molecule has 0 atom stereocenters. The molecule has 1 amide bonds. The number of hydrogen-bond donors (Lipinski definition) is 0. The normalized spacial score (nSPS) is 10.4. The minimum Gasteiger partial charge on any atom is -0.381 e.